The molecule has 0 atom stereocenters. The number of anilines is 1. The van der Waals surface area contributed by atoms with Crippen LogP contribution in [0.15, 0.2) is 36.4 Å². The molecule has 1 aliphatic rings. The van der Waals surface area contributed by atoms with E-state index in [9.17, 15) is 4.79 Å². The summed E-state index contributed by atoms with van der Waals surface area (Å²) in [7, 11) is 0. The molecule has 0 aliphatic carbocycles. The van der Waals surface area contributed by atoms with Crippen molar-refractivity contribution in [1.82, 2.24) is 0 Å². The lowest BCUT2D eigenvalue weighted by Gasteiger charge is -2.19. The summed E-state index contributed by atoms with van der Waals surface area (Å²) in [5.74, 6) is 0.942. The minimum Gasteiger partial charge on any atom is -0.490 e. The van der Waals surface area contributed by atoms with Crippen molar-refractivity contribution in [2.45, 2.75) is 26.7 Å². The first-order valence-electron chi connectivity index (χ1n) is 8.64. The highest BCUT2D eigenvalue weighted by molar-refractivity contribution is 6.32. The van der Waals surface area contributed by atoms with E-state index in [1.165, 1.54) is 5.56 Å². The Morgan fingerprint density at radius 3 is 2.76 bits per heavy atom. The first kappa shape index (κ1) is 17.6. The van der Waals surface area contributed by atoms with Gasteiger partial charge in [0.25, 0.3) is 5.91 Å². The molecule has 0 unspecified atom stereocenters. The van der Waals surface area contributed by atoms with Gasteiger partial charge in [-0.05, 0) is 43.5 Å². The summed E-state index contributed by atoms with van der Waals surface area (Å²) in [6.07, 6.45) is 1.73. The van der Waals surface area contributed by atoms with E-state index in [1.807, 2.05) is 32.0 Å². The van der Waals surface area contributed by atoms with Crippen molar-refractivity contribution in [2.24, 2.45) is 0 Å². The molecular formula is C20H22ClNO3. The van der Waals surface area contributed by atoms with E-state index in [4.69, 9.17) is 21.1 Å². The van der Waals surface area contributed by atoms with Crippen LogP contribution in [0.3, 0.4) is 0 Å². The number of benzene rings is 2. The first-order chi connectivity index (χ1) is 12.2. The van der Waals surface area contributed by atoms with E-state index >= 15 is 0 Å². The number of hydrogen-bond acceptors (Lipinski definition) is 3. The Bertz CT molecular complexity index is 776. The predicted molar refractivity (Wildman–Crippen MR) is 100 cm³/mol. The van der Waals surface area contributed by atoms with Crippen LogP contribution in [-0.2, 0) is 6.42 Å². The summed E-state index contributed by atoms with van der Waals surface area (Å²) < 4.78 is 11.4. The smallest absolute Gasteiger partial charge is 0.258 e. The van der Waals surface area contributed by atoms with Crippen LogP contribution in [0.25, 0.3) is 0 Å². The minimum absolute atomic E-state index is 0.0742. The second-order valence-electron chi connectivity index (χ2n) is 5.90. The zero-order valence-electron chi connectivity index (χ0n) is 14.5. The molecule has 0 radical (unpaired) electrons. The topological polar surface area (TPSA) is 38.8 Å². The summed E-state index contributed by atoms with van der Waals surface area (Å²) in [5, 5.41) is 0.398. The molecule has 132 valence electrons. The highest BCUT2D eigenvalue weighted by Gasteiger charge is 2.26. The van der Waals surface area contributed by atoms with Gasteiger partial charge >= 0.3 is 0 Å². The Balaban J connectivity index is 1.93. The predicted octanol–water partition coefficient (Wildman–Crippen LogP) is 4.73. The highest BCUT2D eigenvalue weighted by Crippen LogP contribution is 2.38. The number of fused-ring (bicyclic) bond motifs is 1. The van der Waals surface area contributed by atoms with Crippen molar-refractivity contribution in [3.05, 3.63) is 52.5 Å². The van der Waals surface area contributed by atoms with Crippen molar-refractivity contribution in [3.8, 4) is 11.5 Å². The molecular weight excluding hydrogens is 338 g/mol. The lowest BCUT2D eigenvalue weighted by molar-refractivity contribution is 0.0989. The molecule has 2 aromatic carbocycles. The van der Waals surface area contributed by atoms with Gasteiger partial charge in [-0.15, -0.1) is 0 Å². The fourth-order valence-electron chi connectivity index (χ4n) is 3.00. The molecule has 4 nitrogen and oxygen atoms in total. The molecule has 0 spiro atoms. The van der Waals surface area contributed by atoms with Crippen LogP contribution in [-0.4, -0.2) is 25.7 Å². The molecule has 0 aromatic heterocycles. The van der Waals surface area contributed by atoms with Gasteiger partial charge in [0.05, 0.1) is 18.2 Å². The van der Waals surface area contributed by atoms with Crippen molar-refractivity contribution in [3.63, 3.8) is 0 Å². The number of ether oxygens (including phenoxy) is 2. The van der Waals surface area contributed by atoms with E-state index in [-0.39, 0.29) is 5.91 Å². The van der Waals surface area contributed by atoms with Gasteiger partial charge in [0.2, 0.25) is 0 Å². The maximum absolute atomic E-state index is 13.0. The number of nitrogens with zero attached hydrogens (tertiary/aromatic N) is 1. The van der Waals surface area contributed by atoms with Crippen LogP contribution in [0.4, 0.5) is 5.69 Å². The molecule has 0 bridgehead atoms. The van der Waals surface area contributed by atoms with E-state index in [0.717, 1.165) is 18.5 Å². The third-order valence-corrected chi connectivity index (χ3v) is 4.42. The number of carbonyl (C=O) groups is 1. The van der Waals surface area contributed by atoms with Gasteiger partial charge in [-0.1, -0.05) is 36.7 Å². The molecule has 3 rings (SSSR count). The van der Waals surface area contributed by atoms with Crippen LogP contribution in [0, 0.1) is 0 Å². The number of halogens is 1. The van der Waals surface area contributed by atoms with Gasteiger partial charge in [0, 0.05) is 17.8 Å². The molecule has 25 heavy (non-hydrogen) atoms. The SMILES string of the molecule is CCCOc1c(Cl)cc(C(=O)N2CCc3ccccc32)cc1OCC. The quantitative estimate of drug-likeness (QED) is 0.748. The van der Waals surface area contributed by atoms with Crippen LogP contribution >= 0.6 is 11.6 Å². The van der Waals surface area contributed by atoms with Gasteiger partial charge in [0.1, 0.15) is 0 Å². The number of rotatable bonds is 6. The first-order valence-corrected chi connectivity index (χ1v) is 9.02. The second-order valence-corrected chi connectivity index (χ2v) is 6.31. The van der Waals surface area contributed by atoms with Gasteiger partial charge in [-0.2, -0.15) is 0 Å². The van der Waals surface area contributed by atoms with Crippen molar-refractivity contribution < 1.29 is 14.3 Å². The average Bonchev–Trinajstić information content (AvgIpc) is 3.04. The van der Waals surface area contributed by atoms with Gasteiger partial charge in [-0.25, -0.2) is 0 Å². The molecule has 0 N–H and O–H groups in total. The van der Waals surface area contributed by atoms with E-state index in [1.54, 1.807) is 17.0 Å². The second kappa shape index (κ2) is 7.79. The summed E-state index contributed by atoms with van der Waals surface area (Å²) >= 11 is 6.38. The number of carbonyl (C=O) groups excluding carboxylic acids is 1. The van der Waals surface area contributed by atoms with E-state index in [2.05, 4.69) is 6.07 Å². The van der Waals surface area contributed by atoms with Gasteiger partial charge in [-0.3, -0.25) is 4.79 Å². The average molecular weight is 360 g/mol. The van der Waals surface area contributed by atoms with Crippen molar-refractivity contribution in [1.29, 1.82) is 0 Å². The van der Waals surface area contributed by atoms with Crippen LogP contribution < -0.4 is 14.4 Å². The normalized spacial score (nSPS) is 12.8. The molecule has 0 fully saturated rings. The fourth-order valence-corrected chi connectivity index (χ4v) is 3.27. The number of para-hydroxylation sites is 1. The van der Waals surface area contributed by atoms with Crippen LogP contribution in [0.1, 0.15) is 36.2 Å². The molecule has 2 aromatic rings. The third-order valence-electron chi connectivity index (χ3n) is 4.14. The molecule has 0 saturated heterocycles. The zero-order valence-corrected chi connectivity index (χ0v) is 15.3. The number of amides is 1. The van der Waals surface area contributed by atoms with E-state index in [0.29, 0.717) is 41.8 Å². The summed E-state index contributed by atoms with van der Waals surface area (Å²) in [6.45, 7) is 5.61. The maximum Gasteiger partial charge on any atom is 0.258 e. The largest absolute Gasteiger partial charge is 0.490 e. The zero-order chi connectivity index (χ0) is 17.8. The third kappa shape index (κ3) is 3.59. The van der Waals surface area contributed by atoms with Crippen molar-refractivity contribution >= 4 is 23.2 Å². The number of hydrogen-bond donors (Lipinski definition) is 0. The van der Waals surface area contributed by atoms with Crippen LogP contribution in [0.2, 0.25) is 5.02 Å². The Labute approximate surface area is 153 Å². The van der Waals surface area contributed by atoms with Crippen molar-refractivity contribution in [2.75, 3.05) is 24.7 Å². The van der Waals surface area contributed by atoms with Gasteiger partial charge in [0.15, 0.2) is 11.5 Å². The molecule has 0 saturated carbocycles. The monoisotopic (exact) mass is 359 g/mol. The maximum atomic E-state index is 13.0. The highest BCUT2D eigenvalue weighted by atomic mass is 35.5. The summed E-state index contributed by atoms with van der Waals surface area (Å²) in [6, 6.07) is 11.4. The van der Waals surface area contributed by atoms with Crippen LogP contribution in [0.5, 0.6) is 11.5 Å². The molecule has 1 aliphatic heterocycles. The Morgan fingerprint density at radius 2 is 2.00 bits per heavy atom. The fraction of sp³-hybridized carbons (Fsp3) is 0.350. The molecule has 1 amide bonds. The Kier molecular flexibility index (Phi) is 5.49. The van der Waals surface area contributed by atoms with Gasteiger partial charge < -0.3 is 14.4 Å². The molecule has 5 heteroatoms. The molecule has 1 heterocycles. The Morgan fingerprint density at radius 1 is 1.20 bits per heavy atom. The lowest BCUT2D eigenvalue weighted by Crippen LogP contribution is -2.28. The Hall–Kier alpha value is -2.20. The standard InChI is InChI=1S/C20H22ClNO3/c1-3-11-25-19-16(21)12-15(13-18(19)24-4-2)20(23)22-10-9-14-7-5-6-8-17(14)22/h5-8,12-13H,3-4,9-11H2,1-2H3. The lowest BCUT2D eigenvalue weighted by atomic mass is 10.1. The summed E-state index contributed by atoms with van der Waals surface area (Å²) in [4.78, 5) is 14.8. The van der Waals surface area contributed by atoms with E-state index < -0.39 is 0 Å². The summed E-state index contributed by atoms with van der Waals surface area (Å²) in [5.41, 5.74) is 2.66. The minimum atomic E-state index is -0.0742.